The van der Waals surface area contributed by atoms with E-state index in [1.807, 2.05) is 36.9 Å². The summed E-state index contributed by atoms with van der Waals surface area (Å²) >= 11 is 6.10. The third kappa shape index (κ3) is 4.88. The van der Waals surface area contributed by atoms with Gasteiger partial charge in [0, 0.05) is 13.1 Å². The van der Waals surface area contributed by atoms with Crippen LogP contribution in [0.4, 0.5) is 5.69 Å². The number of likely N-dealkylation sites (N-methyl/N-ethyl adjacent to an activating group) is 1. The van der Waals surface area contributed by atoms with Gasteiger partial charge in [-0.05, 0) is 38.8 Å². The van der Waals surface area contributed by atoms with Gasteiger partial charge < -0.3 is 15.5 Å². The molecule has 1 saturated carbocycles. The molecule has 5 nitrogen and oxygen atoms in total. The number of carbonyl (C=O) groups is 2. The van der Waals surface area contributed by atoms with Crippen molar-refractivity contribution in [3.8, 4) is 0 Å². The minimum absolute atomic E-state index is 0.0447. The number of amides is 2. The zero-order chi connectivity index (χ0) is 18.3. The van der Waals surface area contributed by atoms with E-state index < -0.39 is 5.54 Å². The Balaban J connectivity index is 2.05. The molecule has 0 aliphatic heterocycles. The summed E-state index contributed by atoms with van der Waals surface area (Å²) in [4.78, 5) is 27.3. The average Bonchev–Trinajstić information content (AvgIpc) is 2.62. The van der Waals surface area contributed by atoms with Gasteiger partial charge >= 0.3 is 0 Å². The van der Waals surface area contributed by atoms with Crippen LogP contribution >= 0.6 is 11.6 Å². The number of carbonyl (C=O) groups excluding carboxylic acids is 2. The number of benzene rings is 1. The van der Waals surface area contributed by atoms with E-state index in [1.54, 1.807) is 6.07 Å². The summed E-state index contributed by atoms with van der Waals surface area (Å²) in [5, 5.41) is 6.65. The topological polar surface area (TPSA) is 61.4 Å². The molecule has 0 aromatic heterocycles. The molecule has 25 heavy (non-hydrogen) atoms. The SMILES string of the molecule is CCN(CC)C(=O)C1(NC(=O)CNc2ccccc2Cl)CCCCC1. The zero-order valence-electron chi connectivity index (χ0n) is 15.1. The molecule has 1 aromatic carbocycles. The zero-order valence-corrected chi connectivity index (χ0v) is 15.9. The summed E-state index contributed by atoms with van der Waals surface area (Å²) in [5.74, 6) is -0.134. The van der Waals surface area contributed by atoms with E-state index >= 15 is 0 Å². The van der Waals surface area contributed by atoms with Crippen molar-refractivity contribution in [3.05, 3.63) is 29.3 Å². The normalized spacial score (nSPS) is 16.1. The number of nitrogens with one attached hydrogen (secondary N) is 2. The van der Waals surface area contributed by atoms with Crippen LogP contribution in [-0.4, -0.2) is 41.9 Å². The first kappa shape index (κ1) is 19.6. The molecule has 2 rings (SSSR count). The van der Waals surface area contributed by atoms with E-state index in [2.05, 4.69) is 10.6 Å². The van der Waals surface area contributed by atoms with Crippen molar-refractivity contribution >= 4 is 29.1 Å². The van der Waals surface area contributed by atoms with Gasteiger partial charge in [-0.15, -0.1) is 0 Å². The maximum Gasteiger partial charge on any atom is 0.248 e. The summed E-state index contributed by atoms with van der Waals surface area (Å²) in [7, 11) is 0. The van der Waals surface area contributed by atoms with E-state index in [4.69, 9.17) is 11.6 Å². The first-order valence-electron chi connectivity index (χ1n) is 9.11. The Bertz CT molecular complexity index is 596. The van der Waals surface area contributed by atoms with Gasteiger partial charge in [-0.3, -0.25) is 9.59 Å². The first-order chi connectivity index (χ1) is 12.0. The molecule has 0 radical (unpaired) electrons. The van der Waals surface area contributed by atoms with E-state index in [0.29, 0.717) is 36.6 Å². The van der Waals surface area contributed by atoms with Gasteiger partial charge in [0.25, 0.3) is 0 Å². The molecule has 0 spiro atoms. The maximum atomic E-state index is 13.0. The smallest absolute Gasteiger partial charge is 0.248 e. The Hall–Kier alpha value is -1.75. The predicted octanol–water partition coefficient (Wildman–Crippen LogP) is 3.44. The average molecular weight is 366 g/mol. The molecule has 0 unspecified atom stereocenters. The predicted molar refractivity (Wildman–Crippen MR) is 102 cm³/mol. The second-order valence-corrected chi connectivity index (χ2v) is 6.91. The Morgan fingerprint density at radius 1 is 1.12 bits per heavy atom. The van der Waals surface area contributed by atoms with Crippen LogP contribution in [-0.2, 0) is 9.59 Å². The first-order valence-corrected chi connectivity index (χ1v) is 9.49. The van der Waals surface area contributed by atoms with Crippen molar-refractivity contribution in [2.75, 3.05) is 25.0 Å². The van der Waals surface area contributed by atoms with Crippen LogP contribution in [0.1, 0.15) is 46.0 Å². The molecule has 1 aromatic rings. The molecule has 2 N–H and O–H groups in total. The molecule has 2 amide bonds. The van der Waals surface area contributed by atoms with Crippen LogP contribution in [0.15, 0.2) is 24.3 Å². The number of halogens is 1. The Kier molecular flexibility index (Phi) is 7.12. The number of hydrogen-bond donors (Lipinski definition) is 2. The fraction of sp³-hybridized carbons (Fsp3) is 0.579. The standard InChI is InChI=1S/C19H28ClN3O2/c1-3-23(4-2)18(25)19(12-8-5-9-13-19)22-17(24)14-21-16-11-7-6-10-15(16)20/h6-7,10-11,21H,3-5,8-9,12-14H2,1-2H3,(H,22,24). The molecule has 0 bridgehead atoms. The fourth-order valence-electron chi connectivity index (χ4n) is 3.45. The molecule has 1 aliphatic carbocycles. The summed E-state index contributed by atoms with van der Waals surface area (Å²) in [6, 6.07) is 7.30. The van der Waals surface area contributed by atoms with Gasteiger partial charge in [0.15, 0.2) is 0 Å². The third-order valence-electron chi connectivity index (χ3n) is 4.86. The number of hydrogen-bond acceptors (Lipinski definition) is 3. The highest BCUT2D eigenvalue weighted by Crippen LogP contribution is 2.30. The molecule has 1 fully saturated rings. The van der Waals surface area contributed by atoms with Gasteiger partial charge in [0.2, 0.25) is 11.8 Å². The second kappa shape index (κ2) is 9.09. The Morgan fingerprint density at radius 3 is 2.36 bits per heavy atom. The van der Waals surface area contributed by atoms with Gasteiger partial charge in [-0.2, -0.15) is 0 Å². The Morgan fingerprint density at radius 2 is 1.76 bits per heavy atom. The van der Waals surface area contributed by atoms with Gasteiger partial charge in [0.05, 0.1) is 17.3 Å². The van der Waals surface area contributed by atoms with Crippen LogP contribution < -0.4 is 10.6 Å². The second-order valence-electron chi connectivity index (χ2n) is 6.50. The van der Waals surface area contributed by atoms with Crippen LogP contribution in [0, 0.1) is 0 Å². The summed E-state index contributed by atoms with van der Waals surface area (Å²) in [6.07, 6.45) is 4.46. The highest BCUT2D eigenvalue weighted by Gasteiger charge is 2.42. The lowest BCUT2D eigenvalue weighted by Gasteiger charge is -2.40. The fourth-order valence-corrected chi connectivity index (χ4v) is 3.65. The van der Waals surface area contributed by atoms with Gasteiger partial charge in [-0.1, -0.05) is 43.0 Å². The van der Waals surface area contributed by atoms with Crippen LogP contribution in [0.25, 0.3) is 0 Å². The van der Waals surface area contributed by atoms with Crippen LogP contribution in [0.3, 0.4) is 0 Å². The van der Waals surface area contributed by atoms with Crippen molar-refractivity contribution in [1.82, 2.24) is 10.2 Å². The molecular formula is C19H28ClN3O2. The van der Waals surface area contributed by atoms with Gasteiger partial charge in [0.1, 0.15) is 5.54 Å². The molecule has 0 atom stereocenters. The van der Waals surface area contributed by atoms with Crippen LogP contribution in [0.2, 0.25) is 5.02 Å². The van der Waals surface area contributed by atoms with E-state index in [1.165, 1.54) is 0 Å². The summed E-state index contributed by atoms with van der Waals surface area (Å²) in [5.41, 5.74) is -0.0455. The summed E-state index contributed by atoms with van der Waals surface area (Å²) in [6.45, 7) is 5.35. The lowest BCUT2D eigenvalue weighted by atomic mass is 9.80. The highest BCUT2D eigenvalue weighted by atomic mass is 35.5. The molecular weight excluding hydrogens is 338 g/mol. The van der Waals surface area contributed by atoms with Crippen molar-refractivity contribution < 1.29 is 9.59 Å². The lowest BCUT2D eigenvalue weighted by molar-refractivity contribution is -0.142. The Labute approximate surface area is 155 Å². The van der Waals surface area contributed by atoms with Crippen molar-refractivity contribution in [1.29, 1.82) is 0 Å². The number of nitrogens with zero attached hydrogens (tertiary/aromatic N) is 1. The monoisotopic (exact) mass is 365 g/mol. The number of anilines is 1. The molecule has 0 saturated heterocycles. The minimum atomic E-state index is -0.760. The molecule has 6 heteroatoms. The number of rotatable bonds is 7. The van der Waals surface area contributed by atoms with Crippen molar-refractivity contribution in [3.63, 3.8) is 0 Å². The van der Waals surface area contributed by atoms with Crippen molar-refractivity contribution in [2.24, 2.45) is 0 Å². The van der Waals surface area contributed by atoms with Crippen LogP contribution in [0.5, 0.6) is 0 Å². The minimum Gasteiger partial charge on any atom is -0.375 e. The van der Waals surface area contributed by atoms with Crippen molar-refractivity contribution in [2.45, 2.75) is 51.5 Å². The molecule has 0 heterocycles. The molecule has 1 aliphatic rings. The third-order valence-corrected chi connectivity index (χ3v) is 5.19. The maximum absolute atomic E-state index is 13.0. The highest BCUT2D eigenvalue weighted by molar-refractivity contribution is 6.33. The summed E-state index contributed by atoms with van der Waals surface area (Å²) < 4.78 is 0. The van der Waals surface area contributed by atoms with Gasteiger partial charge in [-0.25, -0.2) is 0 Å². The quantitative estimate of drug-likeness (QED) is 0.778. The largest absolute Gasteiger partial charge is 0.375 e. The molecule has 138 valence electrons. The lowest BCUT2D eigenvalue weighted by Crippen LogP contribution is -2.61. The van der Waals surface area contributed by atoms with E-state index in [9.17, 15) is 9.59 Å². The van der Waals surface area contributed by atoms with E-state index in [-0.39, 0.29) is 18.4 Å². The van der Waals surface area contributed by atoms with E-state index in [0.717, 1.165) is 19.3 Å². The number of para-hydroxylation sites is 1.